The molecule has 0 aliphatic heterocycles. The first kappa shape index (κ1) is 18.3. The Hall–Kier alpha value is -3.00. The minimum absolute atomic E-state index is 0.0457. The van der Waals surface area contributed by atoms with Crippen molar-refractivity contribution in [3.8, 4) is 0 Å². The third-order valence-corrected chi connectivity index (χ3v) is 3.56. The molecule has 0 saturated heterocycles. The normalized spacial score (nSPS) is 10.2. The molecule has 0 spiro atoms. The molecule has 2 rings (SSSR count). The van der Waals surface area contributed by atoms with Gasteiger partial charge in [-0.3, -0.25) is 19.7 Å². The summed E-state index contributed by atoms with van der Waals surface area (Å²) in [4.78, 5) is 35.4. The molecule has 0 saturated carbocycles. The summed E-state index contributed by atoms with van der Waals surface area (Å²) in [6.45, 7) is -0.274. The van der Waals surface area contributed by atoms with E-state index in [2.05, 4.69) is 5.32 Å². The van der Waals surface area contributed by atoms with Crippen LogP contribution in [0.2, 0.25) is 5.02 Å². The van der Waals surface area contributed by atoms with Gasteiger partial charge < -0.3 is 10.2 Å². The van der Waals surface area contributed by atoms with E-state index in [9.17, 15) is 24.1 Å². The summed E-state index contributed by atoms with van der Waals surface area (Å²) < 4.78 is 12.8. The molecule has 9 heteroatoms. The van der Waals surface area contributed by atoms with Gasteiger partial charge in [-0.15, -0.1) is 0 Å². The highest BCUT2D eigenvalue weighted by molar-refractivity contribution is 6.34. The Bertz CT molecular complexity index is 827. The molecule has 0 heterocycles. The van der Waals surface area contributed by atoms with Crippen LogP contribution in [0, 0.1) is 15.9 Å². The smallest absolute Gasteiger partial charge is 0.270 e. The number of benzene rings is 2. The zero-order valence-electron chi connectivity index (χ0n) is 13.0. The number of nitrogens with one attached hydrogen (secondary N) is 1. The van der Waals surface area contributed by atoms with Crippen molar-refractivity contribution in [2.75, 3.05) is 18.9 Å². The van der Waals surface area contributed by atoms with Crippen molar-refractivity contribution in [1.82, 2.24) is 4.90 Å². The lowest BCUT2D eigenvalue weighted by Gasteiger charge is -2.17. The minimum Gasteiger partial charge on any atom is -0.332 e. The van der Waals surface area contributed by atoms with Crippen LogP contribution in [0.5, 0.6) is 0 Å². The predicted molar refractivity (Wildman–Crippen MR) is 90.1 cm³/mol. The minimum atomic E-state index is -0.625. The largest absolute Gasteiger partial charge is 0.332 e. The number of nitro benzene ring substituents is 1. The molecule has 0 aromatic heterocycles. The third-order valence-electron chi connectivity index (χ3n) is 3.25. The summed E-state index contributed by atoms with van der Waals surface area (Å²) in [6.07, 6.45) is 0. The maximum atomic E-state index is 12.8. The number of carbonyl (C=O) groups is 2. The van der Waals surface area contributed by atoms with Gasteiger partial charge in [-0.1, -0.05) is 11.6 Å². The Morgan fingerprint density at radius 3 is 2.44 bits per heavy atom. The molecular weight excluding hydrogens is 353 g/mol. The van der Waals surface area contributed by atoms with Gasteiger partial charge in [0.1, 0.15) is 5.82 Å². The number of hydrogen-bond donors (Lipinski definition) is 1. The van der Waals surface area contributed by atoms with Crippen LogP contribution in [0.1, 0.15) is 10.4 Å². The number of anilines is 1. The summed E-state index contributed by atoms with van der Waals surface area (Å²) in [5, 5.41) is 13.1. The van der Waals surface area contributed by atoms with Crippen molar-refractivity contribution in [2.45, 2.75) is 0 Å². The van der Waals surface area contributed by atoms with Crippen molar-refractivity contribution in [3.05, 3.63) is 69.0 Å². The molecule has 0 atom stereocenters. The standard InChI is InChI=1S/C16H13ClFN3O4/c1-20(9-15(22)19-11-4-2-10(18)3-5-11)16(23)13-7-6-12(21(24)25)8-14(13)17/h2-8H,9H2,1H3,(H,19,22). The van der Waals surface area contributed by atoms with E-state index in [1.165, 1.54) is 37.4 Å². The van der Waals surface area contributed by atoms with Crippen LogP contribution in [0.25, 0.3) is 0 Å². The summed E-state index contributed by atoms with van der Waals surface area (Å²) in [6, 6.07) is 8.64. The Morgan fingerprint density at radius 1 is 1.24 bits per heavy atom. The monoisotopic (exact) mass is 365 g/mol. The first-order chi connectivity index (χ1) is 11.8. The van der Waals surface area contributed by atoms with E-state index in [-0.39, 0.29) is 22.8 Å². The Labute approximate surface area is 147 Å². The maximum Gasteiger partial charge on any atom is 0.270 e. The van der Waals surface area contributed by atoms with Crippen LogP contribution in [0.15, 0.2) is 42.5 Å². The van der Waals surface area contributed by atoms with E-state index in [1.807, 2.05) is 0 Å². The lowest BCUT2D eigenvalue weighted by Crippen LogP contribution is -2.35. The van der Waals surface area contributed by atoms with E-state index >= 15 is 0 Å². The number of nitro groups is 1. The van der Waals surface area contributed by atoms with Crippen molar-refractivity contribution >= 4 is 34.8 Å². The van der Waals surface area contributed by atoms with Gasteiger partial charge in [-0.05, 0) is 30.3 Å². The maximum absolute atomic E-state index is 12.8. The highest BCUT2D eigenvalue weighted by atomic mass is 35.5. The van der Waals surface area contributed by atoms with Gasteiger partial charge >= 0.3 is 0 Å². The second-order valence-corrected chi connectivity index (χ2v) is 5.54. The van der Waals surface area contributed by atoms with Crippen LogP contribution in [0.3, 0.4) is 0 Å². The molecular formula is C16H13ClFN3O4. The second kappa shape index (κ2) is 7.71. The highest BCUT2D eigenvalue weighted by Gasteiger charge is 2.19. The Kier molecular flexibility index (Phi) is 5.66. The van der Waals surface area contributed by atoms with Crippen molar-refractivity contribution in [3.63, 3.8) is 0 Å². The average Bonchev–Trinajstić information content (AvgIpc) is 2.56. The average molecular weight is 366 g/mol. The van der Waals surface area contributed by atoms with E-state index < -0.39 is 22.6 Å². The van der Waals surface area contributed by atoms with Gasteiger partial charge in [-0.2, -0.15) is 0 Å². The molecule has 1 N–H and O–H groups in total. The zero-order valence-corrected chi connectivity index (χ0v) is 13.8. The summed E-state index contributed by atoms with van der Waals surface area (Å²) in [5.74, 6) is -1.48. The molecule has 25 heavy (non-hydrogen) atoms. The lowest BCUT2D eigenvalue weighted by atomic mass is 10.2. The lowest BCUT2D eigenvalue weighted by molar-refractivity contribution is -0.384. The molecule has 0 fully saturated rings. The number of amides is 2. The fourth-order valence-electron chi connectivity index (χ4n) is 2.02. The molecule has 130 valence electrons. The van der Waals surface area contributed by atoms with Gasteiger partial charge in [0.05, 0.1) is 22.1 Å². The molecule has 2 aromatic carbocycles. The molecule has 0 unspecified atom stereocenters. The Morgan fingerprint density at radius 2 is 1.88 bits per heavy atom. The molecule has 0 radical (unpaired) electrons. The second-order valence-electron chi connectivity index (χ2n) is 5.14. The Balaban J connectivity index is 2.03. The molecule has 0 aliphatic rings. The number of hydrogen-bond acceptors (Lipinski definition) is 4. The van der Waals surface area contributed by atoms with E-state index in [4.69, 9.17) is 11.6 Å². The van der Waals surface area contributed by atoms with Crippen LogP contribution < -0.4 is 5.32 Å². The van der Waals surface area contributed by atoms with Crippen molar-refractivity contribution < 1.29 is 18.9 Å². The quantitative estimate of drug-likeness (QED) is 0.651. The molecule has 2 aromatic rings. The van der Waals surface area contributed by atoms with Crippen LogP contribution in [0.4, 0.5) is 15.8 Å². The molecule has 0 aliphatic carbocycles. The van der Waals surface area contributed by atoms with Gasteiger partial charge in [0, 0.05) is 24.9 Å². The number of non-ortho nitro benzene ring substituents is 1. The number of nitrogens with zero attached hydrogens (tertiary/aromatic N) is 2. The van der Waals surface area contributed by atoms with E-state index in [0.717, 1.165) is 17.0 Å². The highest BCUT2D eigenvalue weighted by Crippen LogP contribution is 2.23. The number of carbonyl (C=O) groups excluding carboxylic acids is 2. The first-order valence-electron chi connectivity index (χ1n) is 7.02. The summed E-state index contributed by atoms with van der Waals surface area (Å²) in [5.41, 5.74) is 0.197. The van der Waals surface area contributed by atoms with Gasteiger partial charge in [0.2, 0.25) is 5.91 Å². The summed E-state index contributed by atoms with van der Waals surface area (Å²) in [7, 11) is 1.39. The topological polar surface area (TPSA) is 92.6 Å². The van der Waals surface area contributed by atoms with Gasteiger partial charge in [-0.25, -0.2) is 4.39 Å². The van der Waals surface area contributed by atoms with Crippen molar-refractivity contribution in [2.24, 2.45) is 0 Å². The predicted octanol–water partition coefficient (Wildman–Crippen LogP) is 3.10. The fraction of sp³-hybridized carbons (Fsp3) is 0.125. The van der Waals surface area contributed by atoms with Gasteiger partial charge in [0.15, 0.2) is 0 Å². The molecule has 2 amide bonds. The molecule has 7 nitrogen and oxygen atoms in total. The van der Waals surface area contributed by atoms with Crippen LogP contribution in [-0.4, -0.2) is 35.2 Å². The molecule has 0 bridgehead atoms. The van der Waals surface area contributed by atoms with Crippen molar-refractivity contribution in [1.29, 1.82) is 0 Å². The summed E-state index contributed by atoms with van der Waals surface area (Å²) >= 11 is 5.91. The SMILES string of the molecule is CN(CC(=O)Nc1ccc(F)cc1)C(=O)c1ccc([N+](=O)[O-])cc1Cl. The van der Waals surface area contributed by atoms with Gasteiger partial charge in [0.25, 0.3) is 11.6 Å². The zero-order chi connectivity index (χ0) is 18.6. The number of halogens is 2. The number of rotatable bonds is 5. The first-order valence-corrected chi connectivity index (χ1v) is 7.40. The fourth-order valence-corrected chi connectivity index (χ4v) is 2.27. The van der Waals surface area contributed by atoms with E-state index in [0.29, 0.717) is 5.69 Å². The van der Waals surface area contributed by atoms with E-state index in [1.54, 1.807) is 0 Å². The third kappa shape index (κ3) is 4.74. The van der Waals surface area contributed by atoms with Crippen LogP contribution >= 0.6 is 11.6 Å². The number of likely N-dealkylation sites (N-methyl/N-ethyl adjacent to an activating group) is 1. The van der Waals surface area contributed by atoms with Crippen LogP contribution in [-0.2, 0) is 4.79 Å².